The average molecular weight is 351 g/mol. The number of rotatable bonds is 4. The van der Waals surface area contributed by atoms with Gasteiger partial charge in [-0.1, -0.05) is 60.7 Å². The second kappa shape index (κ2) is 6.25. The zero-order valence-electron chi connectivity index (χ0n) is 14.8. The highest BCUT2D eigenvalue weighted by Gasteiger charge is 2.60. The Bertz CT molecular complexity index is 822. The summed E-state index contributed by atoms with van der Waals surface area (Å²) in [4.78, 5) is 26.7. The normalized spacial score (nSPS) is 30.8. The van der Waals surface area contributed by atoms with Crippen LogP contribution in [0.2, 0.25) is 0 Å². The minimum atomic E-state index is -0.988. The first-order valence-corrected chi connectivity index (χ1v) is 8.73. The smallest absolute Gasteiger partial charge is 0.411 e. The average Bonchev–Trinajstić information content (AvgIpc) is 3.03. The number of Topliss-reactive ketones (excluding diaryl/α,β-unsaturated/α-hetero) is 1. The molecule has 4 rings (SSSR count). The Labute approximate surface area is 152 Å². The third kappa shape index (κ3) is 2.42. The van der Waals surface area contributed by atoms with Crippen molar-refractivity contribution in [1.29, 1.82) is 0 Å². The maximum absolute atomic E-state index is 12.8. The van der Waals surface area contributed by atoms with Crippen molar-refractivity contribution in [2.24, 2.45) is 0 Å². The predicted octanol–water partition coefficient (Wildman–Crippen LogP) is 3.67. The van der Waals surface area contributed by atoms with Gasteiger partial charge in [-0.25, -0.2) is 4.79 Å². The van der Waals surface area contributed by atoms with Gasteiger partial charge in [0.2, 0.25) is 0 Å². The Morgan fingerprint density at radius 1 is 1.00 bits per heavy atom. The first kappa shape index (κ1) is 16.8. The summed E-state index contributed by atoms with van der Waals surface area (Å²) in [6.07, 6.45) is -0.555. The number of ether oxygens (including phenoxy) is 2. The van der Waals surface area contributed by atoms with Crippen molar-refractivity contribution in [3.8, 4) is 0 Å². The van der Waals surface area contributed by atoms with Crippen LogP contribution in [0, 0.1) is 0 Å². The summed E-state index contributed by atoms with van der Waals surface area (Å²) in [5.41, 5.74) is 0.921. The molecule has 134 valence electrons. The van der Waals surface area contributed by atoms with E-state index >= 15 is 0 Å². The highest BCUT2D eigenvalue weighted by atomic mass is 16.6. The van der Waals surface area contributed by atoms with E-state index in [4.69, 9.17) is 9.47 Å². The first-order valence-electron chi connectivity index (χ1n) is 8.73. The standard InChI is InChI=1S/C21H21NO4/c1-21(25-2)16(13-17(21)23)22-18(14-9-5-3-6-10-14)19(26-20(22)24)15-11-7-4-8-12-15/h3-12,16,18-19H,13H2,1-2H3/t16-,18+,19-,21+/m0/s1. The highest BCUT2D eigenvalue weighted by molar-refractivity contribution is 5.96. The van der Waals surface area contributed by atoms with Gasteiger partial charge in [-0.2, -0.15) is 0 Å². The lowest BCUT2D eigenvalue weighted by Crippen LogP contribution is -2.66. The molecule has 2 fully saturated rings. The quantitative estimate of drug-likeness (QED) is 0.843. The molecule has 1 saturated heterocycles. The number of ketones is 1. The van der Waals surface area contributed by atoms with Gasteiger partial charge < -0.3 is 9.47 Å². The van der Waals surface area contributed by atoms with Crippen molar-refractivity contribution in [3.05, 3.63) is 71.8 Å². The van der Waals surface area contributed by atoms with Crippen LogP contribution in [-0.4, -0.2) is 35.5 Å². The monoisotopic (exact) mass is 351 g/mol. The summed E-state index contributed by atoms with van der Waals surface area (Å²) < 4.78 is 11.3. The van der Waals surface area contributed by atoms with E-state index in [0.29, 0.717) is 0 Å². The molecule has 1 amide bonds. The van der Waals surface area contributed by atoms with Gasteiger partial charge in [-0.3, -0.25) is 9.69 Å². The molecule has 1 saturated carbocycles. The number of amides is 1. The molecule has 1 aliphatic carbocycles. The van der Waals surface area contributed by atoms with Gasteiger partial charge in [-0.15, -0.1) is 0 Å². The van der Waals surface area contributed by atoms with E-state index in [9.17, 15) is 9.59 Å². The van der Waals surface area contributed by atoms with Crippen LogP contribution < -0.4 is 0 Å². The van der Waals surface area contributed by atoms with Crippen LogP contribution in [0.5, 0.6) is 0 Å². The molecule has 1 aliphatic heterocycles. The number of hydrogen-bond donors (Lipinski definition) is 0. The fourth-order valence-electron chi connectivity index (χ4n) is 3.93. The molecular weight excluding hydrogens is 330 g/mol. The lowest BCUT2D eigenvalue weighted by atomic mass is 9.72. The minimum absolute atomic E-state index is 0.00720. The molecule has 2 aromatic carbocycles. The van der Waals surface area contributed by atoms with Crippen molar-refractivity contribution in [3.63, 3.8) is 0 Å². The highest BCUT2D eigenvalue weighted by Crippen LogP contribution is 2.49. The summed E-state index contributed by atoms with van der Waals surface area (Å²) in [6, 6.07) is 18.9. The molecular formula is C21H21NO4. The topological polar surface area (TPSA) is 55.8 Å². The summed E-state index contributed by atoms with van der Waals surface area (Å²) in [6.45, 7) is 1.74. The first-order chi connectivity index (χ1) is 12.6. The van der Waals surface area contributed by atoms with Gasteiger partial charge in [-0.05, 0) is 18.1 Å². The van der Waals surface area contributed by atoms with Crippen molar-refractivity contribution in [2.45, 2.75) is 37.1 Å². The predicted molar refractivity (Wildman–Crippen MR) is 95.5 cm³/mol. The second-order valence-corrected chi connectivity index (χ2v) is 6.93. The zero-order chi connectivity index (χ0) is 18.3. The fraction of sp³-hybridized carbons (Fsp3) is 0.333. The van der Waals surface area contributed by atoms with E-state index in [1.165, 1.54) is 7.11 Å². The Hall–Kier alpha value is -2.66. The van der Waals surface area contributed by atoms with E-state index in [-0.39, 0.29) is 24.3 Å². The molecule has 0 aromatic heterocycles. The number of benzene rings is 2. The van der Waals surface area contributed by atoms with Crippen molar-refractivity contribution < 1.29 is 19.1 Å². The van der Waals surface area contributed by atoms with Crippen LogP contribution in [0.4, 0.5) is 4.79 Å². The van der Waals surface area contributed by atoms with Gasteiger partial charge in [0.1, 0.15) is 11.6 Å². The molecule has 2 aromatic rings. The van der Waals surface area contributed by atoms with E-state index in [2.05, 4.69) is 0 Å². The van der Waals surface area contributed by atoms with Gasteiger partial charge >= 0.3 is 6.09 Å². The minimum Gasteiger partial charge on any atom is -0.439 e. The zero-order valence-corrected chi connectivity index (χ0v) is 14.8. The molecule has 4 atom stereocenters. The third-order valence-corrected chi connectivity index (χ3v) is 5.62. The third-order valence-electron chi connectivity index (χ3n) is 5.62. The molecule has 0 radical (unpaired) electrons. The Balaban J connectivity index is 1.78. The summed E-state index contributed by atoms with van der Waals surface area (Å²) in [7, 11) is 1.51. The van der Waals surface area contributed by atoms with Crippen LogP contribution in [0.1, 0.15) is 36.6 Å². The van der Waals surface area contributed by atoms with Crippen molar-refractivity contribution in [2.75, 3.05) is 7.11 Å². The molecule has 0 N–H and O–H groups in total. The van der Waals surface area contributed by atoms with Gasteiger partial charge in [0.15, 0.2) is 11.9 Å². The summed E-state index contributed by atoms with van der Waals surface area (Å²) in [5, 5.41) is 0. The van der Waals surface area contributed by atoms with E-state index < -0.39 is 17.8 Å². The molecule has 5 heteroatoms. The van der Waals surface area contributed by atoms with E-state index in [1.54, 1.807) is 11.8 Å². The van der Waals surface area contributed by atoms with Gasteiger partial charge in [0.05, 0.1) is 6.04 Å². The Morgan fingerprint density at radius 3 is 2.12 bits per heavy atom. The maximum Gasteiger partial charge on any atom is 0.411 e. The van der Waals surface area contributed by atoms with E-state index in [0.717, 1.165) is 11.1 Å². The Kier molecular flexibility index (Phi) is 4.04. The fourth-order valence-corrected chi connectivity index (χ4v) is 3.93. The van der Waals surface area contributed by atoms with Crippen LogP contribution in [0.15, 0.2) is 60.7 Å². The molecule has 0 bridgehead atoms. The molecule has 0 unspecified atom stereocenters. The van der Waals surface area contributed by atoms with E-state index in [1.807, 2.05) is 60.7 Å². The van der Waals surface area contributed by atoms with Crippen LogP contribution >= 0.6 is 0 Å². The van der Waals surface area contributed by atoms with Crippen LogP contribution in [-0.2, 0) is 14.3 Å². The summed E-state index contributed by atoms with van der Waals surface area (Å²) in [5.74, 6) is 0.00720. The molecule has 2 aliphatic rings. The van der Waals surface area contributed by atoms with Gasteiger partial charge in [0, 0.05) is 13.5 Å². The number of hydrogen-bond acceptors (Lipinski definition) is 4. The van der Waals surface area contributed by atoms with Crippen molar-refractivity contribution in [1.82, 2.24) is 4.90 Å². The largest absolute Gasteiger partial charge is 0.439 e. The summed E-state index contributed by atoms with van der Waals surface area (Å²) >= 11 is 0. The molecule has 1 heterocycles. The SMILES string of the molecule is CO[C@@]1(C)C(=O)C[C@@H]1N1C(=O)O[C@@H](c2ccccc2)[C@H]1c1ccccc1. The maximum atomic E-state index is 12.8. The lowest BCUT2D eigenvalue weighted by molar-refractivity contribution is -0.167. The van der Waals surface area contributed by atoms with Gasteiger partial charge in [0.25, 0.3) is 0 Å². The molecule has 5 nitrogen and oxygen atoms in total. The molecule has 0 spiro atoms. The number of cyclic esters (lactones) is 1. The number of methoxy groups -OCH3 is 1. The number of carbonyl (C=O) groups is 2. The lowest BCUT2D eigenvalue weighted by Gasteiger charge is -2.49. The van der Waals surface area contributed by atoms with Crippen LogP contribution in [0.3, 0.4) is 0 Å². The number of nitrogens with zero attached hydrogens (tertiary/aromatic N) is 1. The van der Waals surface area contributed by atoms with Crippen molar-refractivity contribution >= 4 is 11.9 Å². The van der Waals surface area contributed by atoms with Crippen LogP contribution in [0.25, 0.3) is 0 Å². The molecule has 26 heavy (non-hydrogen) atoms. The second-order valence-electron chi connectivity index (χ2n) is 6.93. The Morgan fingerprint density at radius 2 is 1.58 bits per heavy atom. The number of carbonyl (C=O) groups excluding carboxylic acids is 2.